The molecule has 0 radical (unpaired) electrons. The number of aliphatic hydroxyl groups excluding tert-OH is 1. The van der Waals surface area contributed by atoms with Crippen LogP contribution in [-0.2, 0) is 6.54 Å². The number of rotatable bonds is 6. The van der Waals surface area contributed by atoms with Crippen LogP contribution >= 0.6 is 12.4 Å². The van der Waals surface area contributed by atoms with Gasteiger partial charge in [-0.05, 0) is 30.7 Å². The molecular weight excluding hydrogens is 470 g/mol. The number of hydrogen-bond acceptors (Lipinski definition) is 8. The van der Waals surface area contributed by atoms with Crippen molar-refractivity contribution in [1.82, 2.24) is 14.6 Å². The zero-order valence-corrected chi connectivity index (χ0v) is 18.9. The Morgan fingerprint density at radius 3 is 2.76 bits per heavy atom. The second-order valence-corrected chi connectivity index (χ2v) is 8.10. The van der Waals surface area contributed by atoms with Crippen LogP contribution in [0, 0.1) is 11.6 Å². The summed E-state index contributed by atoms with van der Waals surface area (Å²) in [6, 6.07) is 4.95. The Hall–Kier alpha value is -3.57. The fourth-order valence-electron chi connectivity index (χ4n) is 4.04. The third-order valence-electron chi connectivity index (χ3n) is 5.79. The van der Waals surface area contributed by atoms with E-state index in [1.807, 2.05) is 0 Å². The van der Waals surface area contributed by atoms with Gasteiger partial charge < -0.3 is 20.2 Å². The molecule has 0 amide bonds. The first kappa shape index (κ1) is 23.6. The van der Waals surface area contributed by atoms with Crippen LogP contribution < -0.4 is 26.0 Å². The molecule has 178 valence electrons. The minimum Gasteiger partial charge on any atom is -0.391 e. The third kappa shape index (κ3) is 4.08. The molecule has 1 fully saturated rings. The van der Waals surface area contributed by atoms with Crippen molar-refractivity contribution in [2.24, 2.45) is 0 Å². The van der Waals surface area contributed by atoms with E-state index in [4.69, 9.17) is 0 Å². The zero-order valence-electron chi connectivity index (χ0n) is 18.0. The molecule has 9 nitrogen and oxygen atoms in total. The Morgan fingerprint density at radius 2 is 2.03 bits per heavy atom. The number of fused-ring (bicyclic) bond motifs is 1. The predicted octanol–water partition coefficient (Wildman–Crippen LogP) is 1.98. The van der Waals surface area contributed by atoms with E-state index in [-0.39, 0.29) is 42.4 Å². The van der Waals surface area contributed by atoms with Crippen molar-refractivity contribution >= 4 is 40.9 Å². The SMILES string of the molecule is CN(Cc1cc(F)ccc1F)c1ccn2ncc(Nc3c(N4CC[C@H](O)C4)c(=O)c3=O)c2n1.Cl. The molecule has 12 heteroatoms. The lowest BCUT2D eigenvalue weighted by molar-refractivity contribution is 0.198. The minimum atomic E-state index is -0.638. The lowest BCUT2D eigenvalue weighted by Crippen LogP contribution is -2.41. The highest BCUT2D eigenvalue weighted by Gasteiger charge is 2.31. The number of anilines is 4. The predicted molar refractivity (Wildman–Crippen MR) is 126 cm³/mol. The van der Waals surface area contributed by atoms with Crippen LogP contribution in [-0.4, -0.2) is 45.9 Å². The molecule has 0 unspecified atom stereocenters. The summed E-state index contributed by atoms with van der Waals surface area (Å²) in [6.45, 7) is 0.862. The molecule has 2 aromatic heterocycles. The van der Waals surface area contributed by atoms with E-state index < -0.39 is 28.6 Å². The van der Waals surface area contributed by atoms with E-state index in [0.29, 0.717) is 30.1 Å². The summed E-state index contributed by atoms with van der Waals surface area (Å²) >= 11 is 0. The van der Waals surface area contributed by atoms with Gasteiger partial charge in [0.2, 0.25) is 0 Å². The quantitative estimate of drug-likeness (QED) is 0.395. The maximum absolute atomic E-state index is 14.0. The second kappa shape index (κ2) is 8.99. The standard InChI is InChI=1S/C22H20F2N6O3.ClH/c1-28(10-12-8-13(23)2-3-15(12)24)17-5-7-30-22(27-17)16(9-25-30)26-18-19(21(33)20(18)32)29-6-4-14(31)11-29;/h2-3,5,7-9,14,26,31H,4,6,10-11H2,1H3;1H/t14-;/m0./s1. The molecule has 0 bridgehead atoms. The average Bonchev–Trinajstić information content (AvgIpc) is 3.41. The maximum atomic E-state index is 14.0. The molecule has 5 rings (SSSR count). The number of β-amino-alcohol motifs (C(OH)–C–C–N with tert-alkyl or cyclic N) is 1. The molecule has 0 aliphatic carbocycles. The fraction of sp³-hybridized carbons (Fsp3) is 0.273. The number of aliphatic hydroxyl groups is 1. The van der Waals surface area contributed by atoms with Gasteiger partial charge in [0.05, 0.1) is 12.3 Å². The van der Waals surface area contributed by atoms with E-state index in [9.17, 15) is 23.5 Å². The Bertz CT molecular complexity index is 1430. The van der Waals surface area contributed by atoms with Crippen LogP contribution in [0.2, 0.25) is 0 Å². The van der Waals surface area contributed by atoms with Crippen LogP contribution in [0.15, 0.2) is 46.2 Å². The highest BCUT2D eigenvalue weighted by atomic mass is 35.5. The van der Waals surface area contributed by atoms with Gasteiger partial charge in [-0.1, -0.05) is 0 Å². The molecule has 1 aliphatic heterocycles. The van der Waals surface area contributed by atoms with Crippen LogP contribution in [0.4, 0.5) is 31.7 Å². The Balaban J connectivity index is 0.00000274. The van der Waals surface area contributed by atoms with Gasteiger partial charge in [0.25, 0.3) is 10.9 Å². The highest BCUT2D eigenvalue weighted by Crippen LogP contribution is 2.29. The second-order valence-electron chi connectivity index (χ2n) is 8.10. The normalized spacial score (nSPS) is 15.6. The molecule has 1 aliphatic rings. The van der Waals surface area contributed by atoms with E-state index in [1.54, 1.807) is 29.1 Å². The molecule has 0 spiro atoms. The topological polar surface area (TPSA) is 103 Å². The van der Waals surface area contributed by atoms with Gasteiger partial charge in [0.1, 0.15) is 34.5 Å². The van der Waals surface area contributed by atoms with Crippen molar-refractivity contribution in [1.29, 1.82) is 0 Å². The van der Waals surface area contributed by atoms with Gasteiger partial charge >= 0.3 is 0 Å². The summed E-state index contributed by atoms with van der Waals surface area (Å²) in [5.41, 5.74) is 0.160. The smallest absolute Gasteiger partial charge is 0.253 e. The van der Waals surface area contributed by atoms with Gasteiger partial charge in [-0.2, -0.15) is 5.10 Å². The van der Waals surface area contributed by atoms with Crippen molar-refractivity contribution in [2.45, 2.75) is 19.1 Å². The summed E-state index contributed by atoms with van der Waals surface area (Å²) < 4.78 is 29.0. The summed E-state index contributed by atoms with van der Waals surface area (Å²) in [5, 5.41) is 16.9. The monoisotopic (exact) mass is 490 g/mol. The zero-order chi connectivity index (χ0) is 23.3. The Labute approximate surface area is 198 Å². The number of halogens is 3. The third-order valence-corrected chi connectivity index (χ3v) is 5.79. The van der Waals surface area contributed by atoms with Crippen molar-refractivity contribution in [3.63, 3.8) is 0 Å². The van der Waals surface area contributed by atoms with Gasteiger partial charge in [-0.3, -0.25) is 9.59 Å². The van der Waals surface area contributed by atoms with Crippen LogP contribution in [0.5, 0.6) is 0 Å². The van der Waals surface area contributed by atoms with Crippen LogP contribution in [0.3, 0.4) is 0 Å². The van der Waals surface area contributed by atoms with Crippen LogP contribution in [0.25, 0.3) is 5.65 Å². The van der Waals surface area contributed by atoms with Gasteiger partial charge in [0, 0.05) is 38.4 Å². The minimum absolute atomic E-state index is 0. The van der Waals surface area contributed by atoms with Crippen LogP contribution in [0.1, 0.15) is 12.0 Å². The summed E-state index contributed by atoms with van der Waals surface area (Å²) in [6.07, 6.45) is 3.12. The van der Waals surface area contributed by atoms with Gasteiger partial charge in [-0.15, -0.1) is 12.4 Å². The number of aromatic nitrogens is 3. The van der Waals surface area contributed by atoms with E-state index in [0.717, 1.165) is 18.2 Å². The Morgan fingerprint density at radius 1 is 1.24 bits per heavy atom. The largest absolute Gasteiger partial charge is 0.391 e. The molecule has 2 N–H and O–H groups in total. The van der Waals surface area contributed by atoms with Crippen molar-refractivity contribution in [3.8, 4) is 0 Å². The molecule has 2 aromatic carbocycles. The van der Waals surface area contributed by atoms with Gasteiger partial charge in [-0.25, -0.2) is 18.3 Å². The molecule has 1 saturated heterocycles. The summed E-state index contributed by atoms with van der Waals surface area (Å²) in [5.74, 6) is -0.571. The number of nitrogens with zero attached hydrogens (tertiary/aromatic N) is 5. The number of benzene rings is 1. The Kier molecular flexibility index (Phi) is 6.24. The number of hydrogen-bond donors (Lipinski definition) is 2. The molecule has 0 saturated carbocycles. The molecule has 3 heterocycles. The first-order valence-electron chi connectivity index (χ1n) is 10.3. The van der Waals surface area contributed by atoms with Gasteiger partial charge in [0.15, 0.2) is 5.65 Å². The average molecular weight is 491 g/mol. The van der Waals surface area contributed by atoms with E-state index in [1.165, 1.54) is 10.7 Å². The molecular formula is C22H21ClF2N6O3. The molecule has 1 atom stereocenters. The first-order chi connectivity index (χ1) is 15.8. The maximum Gasteiger partial charge on any atom is 0.253 e. The van der Waals surface area contributed by atoms with E-state index >= 15 is 0 Å². The summed E-state index contributed by atoms with van der Waals surface area (Å²) in [7, 11) is 1.69. The molecule has 4 aromatic rings. The fourth-order valence-corrected chi connectivity index (χ4v) is 4.04. The lowest BCUT2D eigenvalue weighted by atomic mass is 10.1. The molecule has 34 heavy (non-hydrogen) atoms. The highest BCUT2D eigenvalue weighted by molar-refractivity contribution is 5.85. The number of nitrogens with one attached hydrogen (secondary N) is 1. The lowest BCUT2D eigenvalue weighted by Gasteiger charge is -2.22. The van der Waals surface area contributed by atoms with Crippen molar-refractivity contribution in [3.05, 3.63) is 74.3 Å². The van der Waals surface area contributed by atoms with Crippen molar-refractivity contribution in [2.75, 3.05) is 35.3 Å². The summed E-state index contributed by atoms with van der Waals surface area (Å²) in [4.78, 5) is 32.3. The first-order valence-corrected chi connectivity index (χ1v) is 10.3. The van der Waals surface area contributed by atoms with E-state index in [2.05, 4.69) is 15.4 Å². The van der Waals surface area contributed by atoms with Crippen molar-refractivity contribution < 1.29 is 13.9 Å².